The molecule has 0 radical (unpaired) electrons. The SMILES string of the molecule is Cc1cccc(N/C=C(/C#N)C(=O)N2CCOCC2)n1. The highest BCUT2D eigenvalue weighted by Crippen LogP contribution is 2.08. The van der Waals surface area contributed by atoms with Crippen molar-refractivity contribution in [2.45, 2.75) is 6.92 Å². The number of aryl methyl sites for hydroxylation is 1. The lowest BCUT2D eigenvalue weighted by Gasteiger charge is -2.26. The Kier molecular flexibility index (Phi) is 4.69. The molecule has 0 atom stereocenters. The van der Waals surface area contributed by atoms with Crippen molar-refractivity contribution in [2.75, 3.05) is 31.6 Å². The number of anilines is 1. The van der Waals surface area contributed by atoms with Crippen LogP contribution in [0.2, 0.25) is 0 Å². The molecule has 0 saturated carbocycles. The summed E-state index contributed by atoms with van der Waals surface area (Å²) >= 11 is 0. The summed E-state index contributed by atoms with van der Waals surface area (Å²) in [6.45, 7) is 3.93. The molecule has 1 fully saturated rings. The lowest BCUT2D eigenvalue weighted by molar-refractivity contribution is -0.130. The third-order valence-corrected chi connectivity index (χ3v) is 2.90. The molecule has 0 unspecified atom stereocenters. The summed E-state index contributed by atoms with van der Waals surface area (Å²) in [5.74, 6) is 0.323. The smallest absolute Gasteiger partial charge is 0.266 e. The van der Waals surface area contributed by atoms with Crippen LogP contribution in [-0.2, 0) is 9.53 Å². The number of aromatic nitrogens is 1. The highest BCUT2D eigenvalue weighted by atomic mass is 16.5. The van der Waals surface area contributed by atoms with Crippen molar-refractivity contribution in [1.82, 2.24) is 9.88 Å². The van der Waals surface area contributed by atoms with Gasteiger partial charge in [0, 0.05) is 25.0 Å². The van der Waals surface area contributed by atoms with Crippen molar-refractivity contribution < 1.29 is 9.53 Å². The maximum absolute atomic E-state index is 12.1. The summed E-state index contributed by atoms with van der Waals surface area (Å²) < 4.78 is 5.18. The van der Waals surface area contributed by atoms with Gasteiger partial charge < -0.3 is 15.0 Å². The average molecular weight is 272 g/mol. The number of nitrogens with one attached hydrogen (secondary N) is 1. The molecular weight excluding hydrogens is 256 g/mol. The van der Waals surface area contributed by atoms with E-state index in [1.807, 2.05) is 25.1 Å². The van der Waals surface area contributed by atoms with Gasteiger partial charge in [0.15, 0.2) is 0 Å². The molecule has 6 nitrogen and oxygen atoms in total. The maximum Gasteiger partial charge on any atom is 0.266 e. The lowest BCUT2D eigenvalue weighted by Crippen LogP contribution is -2.41. The average Bonchev–Trinajstić information content (AvgIpc) is 2.48. The van der Waals surface area contributed by atoms with Gasteiger partial charge in [-0.3, -0.25) is 4.79 Å². The van der Waals surface area contributed by atoms with E-state index in [1.54, 1.807) is 11.0 Å². The van der Waals surface area contributed by atoms with Crippen molar-refractivity contribution in [3.63, 3.8) is 0 Å². The number of carbonyl (C=O) groups is 1. The normalized spacial score (nSPS) is 15.6. The first kappa shape index (κ1) is 14.0. The van der Waals surface area contributed by atoms with Gasteiger partial charge in [-0.05, 0) is 19.1 Å². The Morgan fingerprint density at radius 2 is 2.25 bits per heavy atom. The Hall–Kier alpha value is -2.39. The van der Waals surface area contributed by atoms with Crippen LogP contribution in [0.5, 0.6) is 0 Å². The zero-order valence-electron chi connectivity index (χ0n) is 11.3. The summed E-state index contributed by atoms with van der Waals surface area (Å²) in [6.07, 6.45) is 1.40. The summed E-state index contributed by atoms with van der Waals surface area (Å²) in [6, 6.07) is 7.43. The molecule has 0 spiro atoms. The van der Waals surface area contributed by atoms with E-state index in [-0.39, 0.29) is 11.5 Å². The van der Waals surface area contributed by atoms with Crippen LogP contribution < -0.4 is 5.32 Å². The second-order valence-electron chi connectivity index (χ2n) is 4.38. The molecule has 1 aliphatic rings. The Morgan fingerprint density at radius 3 is 2.90 bits per heavy atom. The van der Waals surface area contributed by atoms with Gasteiger partial charge in [-0.1, -0.05) is 6.07 Å². The van der Waals surface area contributed by atoms with Crippen LogP contribution in [0, 0.1) is 18.3 Å². The van der Waals surface area contributed by atoms with E-state index < -0.39 is 0 Å². The van der Waals surface area contributed by atoms with E-state index >= 15 is 0 Å². The van der Waals surface area contributed by atoms with Crippen LogP contribution in [-0.4, -0.2) is 42.1 Å². The van der Waals surface area contributed by atoms with Gasteiger partial charge in [0.05, 0.1) is 13.2 Å². The van der Waals surface area contributed by atoms with E-state index in [9.17, 15) is 4.79 Å². The van der Waals surface area contributed by atoms with Crippen LogP contribution in [0.25, 0.3) is 0 Å². The monoisotopic (exact) mass is 272 g/mol. The second-order valence-corrected chi connectivity index (χ2v) is 4.38. The molecule has 0 aromatic carbocycles. The lowest BCUT2D eigenvalue weighted by atomic mass is 10.2. The summed E-state index contributed by atoms with van der Waals surface area (Å²) in [4.78, 5) is 18.0. The van der Waals surface area contributed by atoms with Crippen LogP contribution in [0.1, 0.15) is 5.69 Å². The van der Waals surface area contributed by atoms with Crippen LogP contribution in [0.3, 0.4) is 0 Å². The highest BCUT2D eigenvalue weighted by Gasteiger charge is 2.20. The Bertz CT molecular complexity index is 557. The number of ether oxygens (including phenoxy) is 1. The van der Waals surface area contributed by atoms with Gasteiger partial charge in [0.1, 0.15) is 17.5 Å². The van der Waals surface area contributed by atoms with Crippen LogP contribution in [0.4, 0.5) is 5.82 Å². The topological polar surface area (TPSA) is 78.2 Å². The Labute approximate surface area is 117 Å². The van der Waals surface area contributed by atoms with E-state index in [1.165, 1.54) is 6.20 Å². The summed E-state index contributed by atoms with van der Waals surface area (Å²) in [5, 5.41) is 12.0. The van der Waals surface area contributed by atoms with Gasteiger partial charge in [-0.2, -0.15) is 5.26 Å². The van der Waals surface area contributed by atoms with E-state index in [0.29, 0.717) is 32.1 Å². The van der Waals surface area contributed by atoms with Crippen molar-refractivity contribution in [3.05, 3.63) is 35.7 Å². The molecule has 0 aliphatic carbocycles. The Balaban J connectivity index is 2.05. The van der Waals surface area contributed by atoms with Crippen molar-refractivity contribution >= 4 is 11.7 Å². The van der Waals surface area contributed by atoms with E-state index in [4.69, 9.17) is 10.00 Å². The van der Waals surface area contributed by atoms with Gasteiger partial charge in [0.2, 0.25) is 0 Å². The van der Waals surface area contributed by atoms with Gasteiger partial charge in [0.25, 0.3) is 5.91 Å². The first-order chi connectivity index (χ1) is 9.70. The minimum atomic E-state index is -0.282. The zero-order valence-corrected chi connectivity index (χ0v) is 11.3. The molecule has 20 heavy (non-hydrogen) atoms. The van der Waals surface area contributed by atoms with Gasteiger partial charge in [-0.25, -0.2) is 4.98 Å². The van der Waals surface area contributed by atoms with Gasteiger partial charge >= 0.3 is 0 Å². The van der Waals surface area contributed by atoms with E-state index in [0.717, 1.165) is 5.69 Å². The standard InChI is InChI=1S/C14H16N4O2/c1-11-3-2-4-13(17-11)16-10-12(9-15)14(19)18-5-7-20-8-6-18/h2-4,10H,5-8H2,1H3,(H,16,17)/b12-10-. The van der Waals surface area contributed by atoms with Crippen LogP contribution in [0.15, 0.2) is 30.0 Å². The third-order valence-electron chi connectivity index (χ3n) is 2.90. The number of hydrogen-bond donors (Lipinski definition) is 1. The number of nitriles is 1. The molecular formula is C14H16N4O2. The summed E-state index contributed by atoms with van der Waals surface area (Å²) in [7, 11) is 0. The molecule has 1 aromatic heterocycles. The molecule has 0 bridgehead atoms. The van der Waals surface area contributed by atoms with Gasteiger partial charge in [-0.15, -0.1) is 0 Å². The number of hydrogen-bond acceptors (Lipinski definition) is 5. The van der Waals surface area contributed by atoms with Crippen molar-refractivity contribution in [1.29, 1.82) is 5.26 Å². The van der Waals surface area contributed by atoms with Crippen molar-refractivity contribution in [2.24, 2.45) is 0 Å². The minimum absolute atomic E-state index is 0.0650. The molecule has 2 rings (SSSR count). The number of morpholine rings is 1. The zero-order chi connectivity index (χ0) is 14.4. The van der Waals surface area contributed by atoms with Crippen LogP contribution >= 0.6 is 0 Å². The molecule has 1 N–H and O–H groups in total. The quantitative estimate of drug-likeness (QED) is 0.657. The number of rotatable bonds is 3. The number of amides is 1. The number of nitrogens with zero attached hydrogens (tertiary/aromatic N) is 3. The molecule has 1 saturated heterocycles. The second kappa shape index (κ2) is 6.68. The maximum atomic E-state index is 12.1. The first-order valence-corrected chi connectivity index (χ1v) is 6.38. The third kappa shape index (κ3) is 3.56. The summed E-state index contributed by atoms with van der Waals surface area (Å²) in [5.41, 5.74) is 0.927. The minimum Gasteiger partial charge on any atom is -0.378 e. The molecule has 1 aliphatic heterocycles. The predicted octanol–water partition coefficient (Wildman–Crippen LogP) is 1.07. The first-order valence-electron chi connectivity index (χ1n) is 6.38. The van der Waals surface area contributed by atoms with E-state index in [2.05, 4.69) is 10.3 Å². The predicted molar refractivity (Wildman–Crippen MR) is 73.7 cm³/mol. The Morgan fingerprint density at radius 1 is 1.50 bits per heavy atom. The molecule has 104 valence electrons. The highest BCUT2D eigenvalue weighted by molar-refractivity contribution is 5.97. The number of pyridine rings is 1. The fourth-order valence-corrected chi connectivity index (χ4v) is 1.85. The molecule has 1 amide bonds. The molecule has 6 heteroatoms. The van der Waals surface area contributed by atoms with Crippen molar-refractivity contribution in [3.8, 4) is 6.07 Å². The molecule has 1 aromatic rings. The fraction of sp³-hybridized carbons (Fsp3) is 0.357. The number of carbonyl (C=O) groups excluding carboxylic acids is 1. The fourth-order valence-electron chi connectivity index (χ4n) is 1.85. The molecule has 2 heterocycles. The largest absolute Gasteiger partial charge is 0.378 e.